The van der Waals surface area contributed by atoms with Gasteiger partial charge in [-0.1, -0.05) is 6.07 Å². The van der Waals surface area contributed by atoms with Crippen LogP contribution in [0.25, 0.3) is 0 Å². The molecule has 0 bridgehead atoms. The van der Waals surface area contributed by atoms with Crippen LogP contribution in [-0.2, 0) is 4.79 Å². The number of imide groups is 1. The quantitative estimate of drug-likeness (QED) is 0.857. The van der Waals surface area contributed by atoms with Gasteiger partial charge < -0.3 is 5.32 Å². The first-order chi connectivity index (χ1) is 9.16. The predicted molar refractivity (Wildman–Crippen MR) is 69.5 cm³/mol. The lowest BCUT2D eigenvalue weighted by atomic mass is 10.2. The number of anilines is 1. The van der Waals surface area contributed by atoms with E-state index in [1.807, 2.05) is 11.4 Å². The van der Waals surface area contributed by atoms with E-state index in [2.05, 4.69) is 5.32 Å². The van der Waals surface area contributed by atoms with Crippen LogP contribution in [0.1, 0.15) is 10.9 Å². The van der Waals surface area contributed by atoms with E-state index in [9.17, 15) is 14.0 Å². The van der Waals surface area contributed by atoms with E-state index in [4.69, 9.17) is 0 Å². The Bertz CT molecular complexity index is 625. The molecule has 1 unspecified atom stereocenters. The van der Waals surface area contributed by atoms with Gasteiger partial charge in [0.15, 0.2) is 0 Å². The van der Waals surface area contributed by atoms with Crippen molar-refractivity contribution in [2.24, 2.45) is 0 Å². The molecule has 0 radical (unpaired) electrons. The number of benzene rings is 1. The average molecular weight is 276 g/mol. The highest BCUT2D eigenvalue weighted by atomic mass is 32.1. The van der Waals surface area contributed by atoms with Crippen molar-refractivity contribution in [1.29, 1.82) is 0 Å². The van der Waals surface area contributed by atoms with Gasteiger partial charge in [0.25, 0.3) is 5.91 Å². The Morgan fingerprint density at radius 3 is 2.53 bits per heavy atom. The summed E-state index contributed by atoms with van der Waals surface area (Å²) in [5.41, 5.74) is 0.364. The fourth-order valence-corrected chi connectivity index (χ4v) is 2.73. The third kappa shape index (κ3) is 2.00. The molecule has 1 aromatic heterocycles. The number of nitrogens with zero attached hydrogens (tertiary/aromatic N) is 1. The maximum absolute atomic E-state index is 12.9. The summed E-state index contributed by atoms with van der Waals surface area (Å²) in [5.74, 6) is -0.760. The molecule has 6 heteroatoms. The van der Waals surface area contributed by atoms with Crippen LogP contribution in [-0.4, -0.2) is 11.9 Å². The van der Waals surface area contributed by atoms with Gasteiger partial charge >= 0.3 is 6.03 Å². The number of carbonyl (C=O) groups excluding carboxylic acids is 2. The average Bonchev–Trinajstić information content (AvgIpc) is 3.00. The number of urea groups is 1. The van der Waals surface area contributed by atoms with E-state index < -0.39 is 17.9 Å². The molecule has 3 rings (SSSR count). The largest absolute Gasteiger partial charge is 0.329 e. The standard InChI is InChI=1S/C13H9FN2O2S/c14-8-3-5-9(6-4-8)16-12(17)11(15-13(16)18)10-2-1-7-19-10/h1-7,11H,(H,15,18). The van der Waals surface area contributed by atoms with Crippen LogP contribution in [0.15, 0.2) is 41.8 Å². The number of hydrogen-bond acceptors (Lipinski definition) is 3. The van der Waals surface area contributed by atoms with E-state index in [1.165, 1.54) is 35.6 Å². The lowest BCUT2D eigenvalue weighted by molar-refractivity contribution is -0.118. The van der Waals surface area contributed by atoms with E-state index >= 15 is 0 Å². The smallest absolute Gasteiger partial charge is 0.321 e. The second kappa shape index (κ2) is 4.47. The van der Waals surface area contributed by atoms with E-state index in [0.29, 0.717) is 5.69 Å². The van der Waals surface area contributed by atoms with E-state index in [1.54, 1.807) is 6.07 Å². The zero-order valence-electron chi connectivity index (χ0n) is 9.67. The van der Waals surface area contributed by atoms with Crippen LogP contribution in [0, 0.1) is 5.82 Å². The molecule has 1 fully saturated rings. The number of thiophene rings is 1. The van der Waals surface area contributed by atoms with Gasteiger partial charge in [0.1, 0.15) is 11.9 Å². The van der Waals surface area contributed by atoms with E-state index in [-0.39, 0.29) is 5.91 Å². The fraction of sp³-hybridized carbons (Fsp3) is 0.0769. The SMILES string of the molecule is O=C1NC(c2cccs2)C(=O)N1c1ccc(F)cc1. The van der Waals surface area contributed by atoms with Gasteiger partial charge in [0, 0.05) is 4.88 Å². The number of hydrogen-bond donors (Lipinski definition) is 1. The highest BCUT2D eigenvalue weighted by Crippen LogP contribution is 2.29. The summed E-state index contributed by atoms with van der Waals surface area (Å²) >= 11 is 1.40. The van der Waals surface area contributed by atoms with Crippen molar-refractivity contribution in [2.45, 2.75) is 6.04 Å². The third-order valence-corrected chi connectivity index (χ3v) is 3.79. The molecule has 1 aliphatic rings. The van der Waals surface area contributed by atoms with E-state index in [0.717, 1.165) is 9.78 Å². The molecule has 1 saturated heterocycles. The summed E-state index contributed by atoms with van der Waals surface area (Å²) < 4.78 is 12.9. The van der Waals surface area contributed by atoms with Crippen molar-refractivity contribution in [3.05, 3.63) is 52.5 Å². The Hall–Kier alpha value is -2.21. The van der Waals surface area contributed by atoms with Crippen LogP contribution in [0.3, 0.4) is 0 Å². The third-order valence-electron chi connectivity index (χ3n) is 2.85. The summed E-state index contributed by atoms with van der Waals surface area (Å²) in [6.07, 6.45) is 0. The minimum atomic E-state index is -0.655. The Balaban J connectivity index is 1.93. The zero-order valence-corrected chi connectivity index (χ0v) is 10.5. The topological polar surface area (TPSA) is 49.4 Å². The number of carbonyl (C=O) groups is 2. The van der Waals surface area contributed by atoms with Crippen molar-refractivity contribution in [1.82, 2.24) is 5.32 Å². The molecule has 0 saturated carbocycles. The molecule has 0 spiro atoms. The lowest BCUT2D eigenvalue weighted by Crippen LogP contribution is -2.30. The van der Waals surface area contributed by atoms with Crippen molar-refractivity contribution in [3.8, 4) is 0 Å². The Morgan fingerprint density at radius 1 is 1.16 bits per heavy atom. The van der Waals surface area contributed by atoms with Crippen LogP contribution in [0.4, 0.5) is 14.9 Å². The normalized spacial score (nSPS) is 18.8. The van der Waals surface area contributed by atoms with Gasteiger partial charge in [0.2, 0.25) is 0 Å². The maximum atomic E-state index is 12.9. The number of amides is 3. The molecule has 2 heterocycles. The number of nitrogens with one attached hydrogen (secondary N) is 1. The summed E-state index contributed by atoms with van der Waals surface area (Å²) in [6.45, 7) is 0. The lowest BCUT2D eigenvalue weighted by Gasteiger charge is -2.12. The molecule has 1 N–H and O–H groups in total. The van der Waals surface area contributed by atoms with Gasteiger partial charge in [0.05, 0.1) is 5.69 Å². The second-order valence-electron chi connectivity index (χ2n) is 4.05. The molecule has 1 aliphatic heterocycles. The molecule has 1 aromatic carbocycles. The second-order valence-corrected chi connectivity index (χ2v) is 5.03. The molecule has 4 nitrogen and oxygen atoms in total. The van der Waals surface area contributed by atoms with Crippen LogP contribution in [0.5, 0.6) is 0 Å². The summed E-state index contributed by atoms with van der Waals surface area (Å²) in [4.78, 5) is 25.9. The first kappa shape index (κ1) is 11.9. The van der Waals surface area contributed by atoms with Gasteiger partial charge in [-0.15, -0.1) is 11.3 Å². The zero-order chi connectivity index (χ0) is 13.4. The molecular weight excluding hydrogens is 267 g/mol. The van der Waals surface area contributed by atoms with Crippen molar-refractivity contribution < 1.29 is 14.0 Å². The minimum Gasteiger partial charge on any atom is -0.321 e. The van der Waals surface area contributed by atoms with Gasteiger partial charge in [-0.2, -0.15) is 0 Å². The van der Waals surface area contributed by atoms with Crippen LogP contribution < -0.4 is 10.2 Å². The number of halogens is 1. The molecule has 19 heavy (non-hydrogen) atoms. The maximum Gasteiger partial charge on any atom is 0.329 e. The molecule has 1 atom stereocenters. The summed E-state index contributed by atoms with van der Waals surface area (Å²) in [5, 5.41) is 4.47. The van der Waals surface area contributed by atoms with Gasteiger partial charge in [-0.05, 0) is 35.7 Å². The van der Waals surface area contributed by atoms with Crippen molar-refractivity contribution in [2.75, 3.05) is 4.90 Å². The molecule has 0 aliphatic carbocycles. The fourth-order valence-electron chi connectivity index (χ4n) is 1.96. The van der Waals surface area contributed by atoms with Gasteiger partial charge in [-0.25, -0.2) is 14.1 Å². The first-order valence-electron chi connectivity index (χ1n) is 5.60. The van der Waals surface area contributed by atoms with Crippen molar-refractivity contribution in [3.63, 3.8) is 0 Å². The summed E-state index contributed by atoms with van der Waals surface area (Å²) in [7, 11) is 0. The monoisotopic (exact) mass is 276 g/mol. The highest BCUT2D eigenvalue weighted by Gasteiger charge is 2.40. The van der Waals surface area contributed by atoms with Crippen LogP contribution in [0.2, 0.25) is 0 Å². The van der Waals surface area contributed by atoms with Crippen molar-refractivity contribution >= 4 is 29.0 Å². The molecule has 2 aromatic rings. The predicted octanol–water partition coefficient (Wildman–Crippen LogP) is 2.68. The van der Waals surface area contributed by atoms with Gasteiger partial charge in [-0.3, -0.25) is 4.79 Å². The Labute approximate surface area is 112 Å². The molecular formula is C13H9FN2O2S. The summed E-state index contributed by atoms with van der Waals surface area (Å²) in [6, 6.07) is 7.71. The minimum absolute atomic E-state index is 0.348. The number of rotatable bonds is 2. The first-order valence-corrected chi connectivity index (χ1v) is 6.48. The molecule has 96 valence electrons. The Morgan fingerprint density at radius 2 is 1.89 bits per heavy atom. The Kier molecular flexibility index (Phi) is 2.79. The van der Waals surface area contributed by atoms with Crippen LogP contribution >= 0.6 is 11.3 Å². The highest BCUT2D eigenvalue weighted by molar-refractivity contribution is 7.10. The molecule has 3 amide bonds.